The van der Waals surface area contributed by atoms with Gasteiger partial charge in [0.2, 0.25) is 0 Å². The van der Waals surface area contributed by atoms with Gasteiger partial charge in [-0.1, -0.05) is 6.92 Å². The fraction of sp³-hybridized carbons (Fsp3) is 0.500. The highest BCUT2D eigenvalue weighted by Gasteiger charge is 2.10. The summed E-state index contributed by atoms with van der Waals surface area (Å²) in [6.07, 6.45) is 1.42. The van der Waals surface area contributed by atoms with Gasteiger partial charge in [-0.25, -0.2) is 4.79 Å². The van der Waals surface area contributed by atoms with E-state index in [4.69, 9.17) is 9.15 Å². The van der Waals surface area contributed by atoms with Gasteiger partial charge in [-0.15, -0.1) is 0 Å². The van der Waals surface area contributed by atoms with Crippen molar-refractivity contribution in [3.8, 4) is 0 Å². The molecule has 0 saturated carbocycles. The van der Waals surface area contributed by atoms with E-state index < -0.39 is 0 Å². The van der Waals surface area contributed by atoms with Gasteiger partial charge in [0.1, 0.15) is 12.0 Å². The molecule has 1 N–H and O–H groups in total. The van der Waals surface area contributed by atoms with Crippen molar-refractivity contribution in [3.63, 3.8) is 0 Å². The number of esters is 1. The van der Waals surface area contributed by atoms with Crippen LogP contribution in [0.2, 0.25) is 0 Å². The van der Waals surface area contributed by atoms with Crippen LogP contribution in [0.25, 0.3) is 0 Å². The van der Waals surface area contributed by atoms with E-state index in [1.54, 1.807) is 13.0 Å². The highest BCUT2D eigenvalue weighted by atomic mass is 16.5. The lowest BCUT2D eigenvalue weighted by atomic mass is 10.3. The summed E-state index contributed by atoms with van der Waals surface area (Å²) >= 11 is 0. The van der Waals surface area contributed by atoms with Gasteiger partial charge >= 0.3 is 5.97 Å². The average molecular weight is 197 g/mol. The minimum atomic E-state index is -0.334. The van der Waals surface area contributed by atoms with E-state index in [0.717, 1.165) is 12.3 Å². The maximum atomic E-state index is 11.2. The van der Waals surface area contributed by atoms with Crippen molar-refractivity contribution in [1.82, 2.24) is 5.32 Å². The number of nitrogens with one attached hydrogen (secondary N) is 1. The van der Waals surface area contributed by atoms with Crippen LogP contribution in [0.5, 0.6) is 0 Å². The predicted molar refractivity (Wildman–Crippen MR) is 52.0 cm³/mol. The summed E-state index contributed by atoms with van der Waals surface area (Å²) in [6.45, 7) is 5.67. The first-order valence-corrected chi connectivity index (χ1v) is 4.73. The summed E-state index contributed by atoms with van der Waals surface area (Å²) in [4.78, 5) is 11.2. The molecule has 0 bridgehead atoms. The zero-order chi connectivity index (χ0) is 10.4. The molecule has 0 aliphatic carbocycles. The summed E-state index contributed by atoms with van der Waals surface area (Å²) in [5.41, 5.74) is 0.472. The van der Waals surface area contributed by atoms with E-state index in [9.17, 15) is 4.79 Å². The Morgan fingerprint density at radius 1 is 1.57 bits per heavy atom. The Morgan fingerprint density at radius 3 is 3.00 bits per heavy atom. The maximum Gasteiger partial charge on any atom is 0.341 e. The Balaban J connectivity index is 2.54. The van der Waals surface area contributed by atoms with Crippen LogP contribution in [-0.4, -0.2) is 19.1 Å². The Kier molecular flexibility index (Phi) is 4.19. The fourth-order valence-corrected chi connectivity index (χ4v) is 1.04. The number of furan rings is 1. The zero-order valence-electron chi connectivity index (χ0n) is 8.50. The highest BCUT2D eigenvalue weighted by Crippen LogP contribution is 2.08. The van der Waals surface area contributed by atoms with Gasteiger partial charge < -0.3 is 14.5 Å². The second kappa shape index (κ2) is 5.44. The molecule has 78 valence electrons. The minimum Gasteiger partial charge on any atom is -0.467 e. The molecule has 0 aromatic carbocycles. The SMILES string of the molecule is CCNCc1cc(C(=O)OCC)co1. The van der Waals surface area contributed by atoms with Crippen LogP contribution in [0.15, 0.2) is 16.7 Å². The number of carbonyl (C=O) groups excluding carboxylic acids is 1. The molecule has 0 saturated heterocycles. The molecule has 1 aromatic rings. The molecule has 0 atom stereocenters. The van der Waals surface area contributed by atoms with Crippen molar-refractivity contribution < 1.29 is 13.9 Å². The average Bonchev–Trinajstić information content (AvgIpc) is 2.63. The molecule has 1 aromatic heterocycles. The zero-order valence-corrected chi connectivity index (χ0v) is 8.50. The van der Waals surface area contributed by atoms with Crippen LogP contribution in [0.1, 0.15) is 30.0 Å². The number of rotatable bonds is 5. The first-order chi connectivity index (χ1) is 6.77. The Bertz CT molecular complexity index is 293. The molecular formula is C10H15NO3. The van der Waals surface area contributed by atoms with Gasteiger partial charge in [-0.2, -0.15) is 0 Å². The summed E-state index contributed by atoms with van der Waals surface area (Å²) in [5.74, 6) is 0.411. The molecule has 14 heavy (non-hydrogen) atoms. The number of hydrogen-bond acceptors (Lipinski definition) is 4. The number of carbonyl (C=O) groups is 1. The Labute approximate surface area is 83.2 Å². The molecule has 0 fully saturated rings. The minimum absolute atomic E-state index is 0.334. The summed E-state index contributed by atoms with van der Waals surface area (Å²) < 4.78 is 10.00. The smallest absolute Gasteiger partial charge is 0.341 e. The van der Waals surface area contributed by atoms with Crippen molar-refractivity contribution in [2.75, 3.05) is 13.2 Å². The van der Waals surface area contributed by atoms with Gasteiger partial charge in [-0.3, -0.25) is 0 Å². The monoisotopic (exact) mass is 197 g/mol. The molecule has 1 heterocycles. The van der Waals surface area contributed by atoms with Gasteiger partial charge in [0, 0.05) is 0 Å². The Morgan fingerprint density at radius 2 is 2.36 bits per heavy atom. The Hall–Kier alpha value is -1.29. The van der Waals surface area contributed by atoms with E-state index in [1.807, 2.05) is 6.92 Å². The van der Waals surface area contributed by atoms with E-state index in [1.165, 1.54) is 6.26 Å². The predicted octanol–water partition coefficient (Wildman–Crippen LogP) is 1.57. The first kappa shape index (κ1) is 10.8. The van der Waals surface area contributed by atoms with E-state index in [0.29, 0.717) is 18.7 Å². The fourth-order valence-electron chi connectivity index (χ4n) is 1.04. The molecule has 0 aliphatic rings. The van der Waals surface area contributed by atoms with Gasteiger partial charge in [0.25, 0.3) is 0 Å². The van der Waals surface area contributed by atoms with Crippen LogP contribution >= 0.6 is 0 Å². The lowest BCUT2D eigenvalue weighted by Gasteiger charge is -1.96. The summed E-state index contributed by atoms with van der Waals surface area (Å²) in [5, 5.41) is 3.10. The normalized spacial score (nSPS) is 10.1. The third kappa shape index (κ3) is 2.88. The highest BCUT2D eigenvalue weighted by molar-refractivity contribution is 5.89. The molecule has 1 rings (SSSR count). The van der Waals surface area contributed by atoms with Crippen LogP contribution in [0, 0.1) is 0 Å². The molecule has 0 unspecified atom stereocenters. The van der Waals surface area contributed by atoms with Gasteiger partial charge in [0.05, 0.1) is 18.7 Å². The van der Waals surface area contributed by atoms with Gasteiger partial charge in [0.15, 0.2) is 0 Å². The van der Waals surface area contributed by atoms with E-state index >= 15 is 0 Å². The van der Waals surface area contributed by atoms with Crippen molar-refractivity contribution in [2.24, 2.45) is 0 Å². The van der Waals surface area contributed by atoms with Crippen molar-refractivity contribution >= 4 is 5.97 Å². The lowest BCUT2D eigenvalue weighted by Crippen LogP contribution is -2.11. The molecular weight excluding hydrogens is 182 g/mol. The molecule has 0 amide bonds. The largest absolute Gasteiger partial charge is 0.467 e. The van der Waals surface area contributed by atoms with Crippen molar-refractivity contribution in [2.45, 2.75) is 20.4 Å². The van der Waals surface area contributed by atoms with Crippen LogP contribution in [0.4, 0.5) is 0 Å². The first-order valence-electron chi connectivity index (χ1n) is 4.73. The standard InChI is InChI=1S/C10H15NO3/c1-3-11-6-9-5-8(7-14-9)10(12)13-4-2/h5,7,11H,3-4,6H2,1-2H3. The maximum absolute atomic E-state index is 11.2. The molecule has 0 aliphatic heterocycles. The van der Waals surface area contributed by atoms with Crippen LogP contribution in [-0.2, 0) is 11.3 Å². The topological polar surface area (TPSA) is 51.5 Å². The third-order valence-corrected chi connectivity index (χ3v) is 1.71. The molecule has 0 spiro atoms. The second-order valence-corrected chi connectivity index (χ2v) is 2.80. The molecule has 4 heteroatoms. The van der Waals surface area contributed by atoms with Crippen LogP contribution in [0.3, 0.4) is 0 Å². The van der Waals surface area contributed by atoms with E-state index in [-0.39, 0.29) is 5.97 Å². The second-order valence-electron chi connectivity index (χ2n) is 2.80. The number of ether oxygens (including phenoxy) is 1. The molecule has 0 radical (unpaired) electrons. The summed E-state index contributed by atoms with van der Waals surface area (Å²) in [6, 6.07) is 1.70. The summed E-state index contributed by atoms with van der Waals surface area (Å²) in [7, 11) is 0. The lowest BCUT2D eigenvalue weighted by molar-refractivity contribution is 0.0525. The molecule has 4 nitrogen and oxygen atoms in total. The van der Waals surface area contributed by atoms with Crippen molar-refractivity contribution in [1.29, 1.82) is 0 Å². The van der Waals surface area contributed by atoms with Crippen LogP contribution < -0.4 is 5.32 Å². The van der Waals surface area contributed by atoms with E-state index in [2.05, 4.69) is 5.32 Å². The van der Waals surface area contributed by atoms with Gasteiger partial charge in [-0.05, 0) is 19.5 Å². The number of hydrogen-bond donors (Lipinski definition) is 1. The van der Waals surface area contributed by atoms with Crippen molar-refractivity contribution in [3.05, 3.63) is 23.7 Å². The third-order valence-electron chi connectivity index (χ3n) is 1.71. The quantitative estimate of drug-likeness (QED) is 0.728.